The smallest absolute Gasteiger partial charge is 0.282 e. The standard InChI is InChI=1S/C26H23ClN2O3/c1-16(2)17-9-12-20(13-10-17)29-25(30)23(18-7-5-4-6-8-18)24(26(29)31)28-21-15-19(27)11-14-22(21)32-3/h4-16,28H,1-3H3. The van der Waals surface area contributed by atoms with E-state index >= 15 is 0 Å². The summed E-state index contributed by atoms with van der Waals surface area (Å²) in [6.07, 6.45) is 0. The molecule has 0 atom stereocenters. The van der Waals surface area contributed by atoms with Gasteiger partial charge in [-0.25, -0.2) is 4.90 Å². The first kappa shape index (κ1) is 21.7. The number of nitrogens with zero attached hydrogens (tertiary/aromatic N) is 1. The fraction of sp³-hybridized carbons (Fsp3) is 0.154. The van der Waals surface area contributed by atoms with E-state index in [0.29, 0.717) is 39.2 Å². The number of halogens is 1. The molecule has 0 spiro atoms. The number of imide groups is 1. The SMILES string of the molecule is COc1ccc(Cl)cc1NC1=C(c2ccccc2)C(=O)N(c2ccc(C(C)C)cc2)C1=O. The number of anilines is 2. The monoisotopic (exact) mass is 446 g/mol. The number of ether oxygens (including phenoxy) is 1. The minimum atomic E-state index is -0.437. The van der Waals surface area contributed by atoms with E-state index in [-0.39, 0.29) is 11.6 Å². The fourth-order valence-corrected chi connectivity index (χ4v) is 3.85. The molecule has 0 saturated heterocycles. The van der Waals surface area contributed by atoms with Crippen molar-refractivity contribution >= 4 is 40.4 Å². The number of benzene rings is 3. The Morgan fingerprint density at radius 3 is 2.22 bits per heavy atom. The minimum Gasteiger partial charge on any atom is -0.495 e. The number of methoxy groups -OCH3 is 1. The molecule has 0 radical (unpaired) electrons. The van der Waals surface area contributed by atoms with Crippen LogP contribution in [-0.4, -0.2) is 18.9 Å². The third kappa shape index (κ3) is 3.99. The topological polar surface area (TPSA) is 58.6 Å². The molecule has 0 aliphatic carbocycles. The van der Waals surface area contributed by atoms with Crippen molar-refractivity contribution < 1.29 is 14.3 Å². The van der Waals surface area contributed by atoms with Gasteiger partial charge >= 0.3 is 0 Å². The molecule has 3 aromatic rings. The van der Waals surface area contributed by atoms with Gasteiger partial charge in [-0.05, 0) is 47.4 Å². The maximum absolute atomic E-state index is 13.5. The number of carbonyl (C=O) groups is 2. The molecule has 1 N–H and O–H groups in total. The van der Waals surface area contributed by atoms with Crippen LogP contribution in [0.25, 0.3) is 5.57 Å². The van der Waals surface area contributed by atoms with Crippen LogP contribution in [0.4, 0.5) is 11.4 Å². The average Bonchev–Trinajstić information content (AvgIpc) is 3.04. The highest BCUT2D eigenvalue weighted by Gasteiger charge is 2.40. The van der Waals surface area contributed by atoms with E-state index in [1.165, 1.54) is 12.0 Å². The van der Waals surface area contributed by atoms with E-state index in [1.807, 2.05) is 42.5 Å². The molecule has 1 aliphatic rings. The van der Waals surface area contributed by atoms with E-state index in [4.69, 9.17) is 16.3 Å². The number of carbonyl (C=O) groups excluding carboxylic acids is 2. The van der Waals surface area contributed by atoms with E-state index in [1.54, 1.807) is 30.3 Å². The zero-order valence-corrected chi connectivity index (χ0v) is 18.8. The number of hydrogen-bond donors (Lipinski definition) is 1. The zero-order valence-electron chi connectivity index (χ0n) is 18.1. The molecule has 0 bridgehead atoms. The second kappa shape index (κ2) is 8.89. The lowest BCUT2D eigenvalue weighted by Crippen LogP contribution is -2.32. The fourth-order valence-electron chi connectivity index (χ4n) is 3.67. The third-order valence-electron chi connectivity index (χ3n) is 5.39. The quantitative estimate of drug-likeness (QED) is 0.481. The van der Waals surface area contributed by atoms with Gasteiger partial charge in [-0.15, -0.1) is 0 Å². The molecule has 5 nitrogen and oxygen atoms in total. The Balaban J connectivity index is 1.80. The van der Waals surface area contributed by atoms with Gasteiger partial charge in [-0.3, -0.25) is 9.59 Å². The summed E-state index contributed by atoms with van der Waals surface area (Å²) in [4.78, 5) is 28.2. The van der Waals surface area contributed by atoms with Crippen molar-refractivity contribution in [2.45, 2.75) is 19.8 Å². The maximum Gasteiger partial charge on any atom is 0.282 e. The lowest BCUT2D eigenvalue weighted by atomic mass is 10.0. The Hall–Kier alpha value is -3.57. The first-order valence-electron chi connectivity index (χ1n) is 10.3. The number of nitrogens with one attached hydrogen (secondary N) is 1. The number of rotatable bonds is 6. The molecule has 1 heterocycles. The molecule has 0 unspecified atom stereocenters. The normalized spacial score (nSPS) is 13.8. The van der Waals surface area contributed by atoms with Crippen LogP contribution in [0.15, 0.2) is 78.5 Å². The van der Waals surface area contributed by atoms with Crippen molar-refractivity contribution in [3.8, 4) is 5.75 Å². The molecule has 0 saturated carbocycles. The molecule has 0 fully saturated rings. The van der Waals surface area contributed by atoms with E-state index < -0.39 is 5.91 Å². The Bertz CT molecular complexity index is 1200. The zero-order chi connectivity index (χ0) is 22.8. The second-order valence-electron chi connectivity index (χ2n) is 7.78. The van der Waals surface area contributed by atoms with Crippen LogP contribution in [0.2, 0.25) is 5.02 Å². The van der Waals surface area contributed by atoms with Gasteiger partial charge in [-0.2, -0.15) is 0 Å². The molecule has 162 valence electrons. The van der Waals surface area contributed by atoms with Crippen molar-refractivity contribution in [2.75, 3.05) is 17.3 Å². The van der Waals surface area contributed by atoms with Crippen molar-refractivity contribution in [3.05, 3.63) is 94.6 Å². The Labute approximate surface area is 192 Å². The van der Waals surface area contributed by atoms with Crippen molar-refractivity contribution in [1.82, 2.24) is 0 Å². The summed E-state index contributed by atoms with van der Waals surface area (Å²) >= 11 is 6.17. The molecule has 0 aromatic heterocycles. The largest absolute Gasteiger partial charge is 0.495 e. The van der Waals surface area contributed by atoms with Crippen LogP contribution < -0.4 is 15.0 Å². The summed E-state index contributed by atoms with van der Waals surface area (Å²) in [5, 5.41) is 3.60. The van der Waals surface area contributed by atoms with Gasteiger partial charge in [0.15, 0.2) is 0 Å². The van der Waals surface area contributed by atoms with E-state index in [9.17, 15) is 9.59 Å². The molecular formula is C26H23ClN2O3. The highest BCUT2D eigenvalue weighted by molar-refractivity contribution is 6.46. The van der Waals surface area contributed by atoms with Gasteiger partial charge in [0.25, 0.3) is 11.8 Å². The minimum absolute atomic E-state index is 0.176. The Morgan fingerprint density at radius 2 is 1.59 bits per heavy atom. The van der Waals surface area contributed by atoms with Crippen molar-refractivity contribution in [1.29, 1.82) is 0 Å². The lowest BCUT2D eigenvalue weighted by Gasteiger charge is -2.17. The summed E-state index contributed by atoms with van der Waals surface area (Å²) in [5.41, 5.74) is 3.27. The Morgan fingerprint density at radius 1 is 0.906 bits per heavy atom. The van der Waals surface area contributed by atoms with Gasteiger partial charge in [0, 0.05) is 5.02 Å². The van der Waals surface area contributed by atoms with Crippen molar-refractivity contribution in [2.24, 2.45) is 0 Å². The summed E-state index contributed by atoms with van der Waals surface area (Å²) in [6, 6.07) is 21.7. The summed E-state index contributed by atoms with van der Waals surface area (Å²) < 4.78 is 5.41. The predicted molar refractivity (Wildman–Crippen MR) is 128 cm³/mol. The van der Waals surface area contributed by atoms with Crippen LogP contribution in [0.1, 0.15) is 30.9 Å². The molecule has 2 amide bonds. The molecular weight excluding hydrogens is 424 g/mol. The van der Waals surface area contributed by atoms with Gasteiger partial charge in [0.1, 0.15) is 11.4 Å². The van der Waals surface area contributed by atoms with Gasteiger partial charge in [0.05, 0.1) is 24.1 Å². The van der Waals surface area contributed by atoms with Crippen molar-refractivity contribution in [3.63, 3.8) is 0 Å². The lowest BCUT2D eigenvalue weighted by molar-refractivity contribution is -0.120. The highest BCUT2D eigenvalue weighted by Crippen LogP contribution is 2.36. The molecule has 3 aromatic carbocycles. The van der Waals surface area contributed by atoms with E-state index in [0.717, 1.165) is 5.56 Å². The molecule has 4 rings (SSSR count). The predicted octanol–water partition coefficient (Wildman–Crippen LogP) is 5.87. The summed E-state index contributed by atoms with van der Waals surface area (Å²) in [7, 11) is 1.53. The van der Waals surface area contributed by atoms with Gasteiger partial charge in [-0.1, -0.05) is 67.9 Å². The van der Waals surface area contributed by atoms with Crippen LogP contribution in [0.5, 0.6) is 5.75 Å². The summed E-state index contributed by atoms with van der Waals surface area (Å²) in [5.74, 6) is 0.0315. The van der Waals surface area contributed by atoms with Gasteiger partial charge in [0.2, 0.25) is 0 Å². The van der Waals surface area contributed by atoms with E-state index in [2.05, 4.69) is 19.2 Å². The van der Waals surface area contributed by atoms with Crippen LogP contribution in [0, 0.1) is 0 Å². The molecule has 1 aliphatic heterocycles. The third-order valence-corrected chi connectivity index (χ3v) is 5.62. The Kier molecular flexibility index (Phi) is 6.01. The first-order valence-corrected chi connectivity index (χ1v) is 10.7. The van der Waals surface area contributed by atoms with Crippen LogP contribution >= 0.6 is 11.6 Å². The maximum atomic E-state index is 13.5. The summed E-state index contributed by atoms with van der Waals surface area (Å²) in [6.45, 7) is 4.19. The molecule has 32 heavy (non-hydrogen) atoms. The second-order valence-corrected chi connectivity index (χ2v) is 8.21. The van der Waals surface area contributed by atoms with Crippen LogP contribution in [0.3, 0.4) is 0 Å². The highest BCUT2D eigenvalue weighted by atomic mass is 35.5. The van der Waals surface area contributed by atoms with Crippen LogP contribution in [-0.2, 0) is 9.59 Å². The first-order chi connectivity index (χ1) is 15.4. The number of amides is 2. The average molecular weight is 447 g/mol. The van der Waals surface area contributed by atoms with Gasteiger partial charge < -0.3 is 10.1 Å². The number of hydrogen-bond acceptors (Lipinski definition) is 4. The molecule has 6 heteroatoms.